The quantitative estimate of drug-likeness (QED) is 0.925. The molecule has 2 fully saturated rings. The molecule has 116 valence electrons. The first-order chi connectivity index (χ1) is 9.87. The highest BCUT2D eigenvalue weighted by Crippen LogP contribution is 2.40. The predicted octanol–water partition coefficient (Wildman–Crippen LogP) is 3.44. The van der Waals surface area contributed by atoms with Crippen molar-refractivity contribution in [3.05, 3.63) is 18.3 Å². The molecule has 0 spiro atoms. The minimum Gasteiger partial charge on any atom is -0.376 e. The SMILES string of the molecule is CC1(C)CC(Nc2cccnc2N2CCCC2)C(C)(C)O1. The number of nitrogens with one attached hydrogen (secondary N) is 1. The molecule has 2 saturated heterocycles. The van der Waals surface area contributed by atoms with Gasteiger partial charge in [-0.05, 0) is 59.1 Å². The van der Waals surface area contributed by atoms with Crippen LogP contribution in [0, 0.1) is 0 Å². The third-order valence-corrected chi connectivity index (χ3v) is 4.60. The molecule has 3 heterocycles. The predicted molar refractivity (Wildman–Crippen MR) is 87.0 cm³/mol. The molecule has 1 atom stereocenters. The molecule has 3 rings (SSSR count). The Hall–Kier alpha value is -1.29. The van der Waals surface area contributed by atoms with Crippen LogP contribution in [-0.4, -0.2) is 35.3 Å². The zero-order valence-corrected chi connectivity index (χ0v) is 13.6. The zero-order chi connectivity index (χ0) is 15.1. The van der Waals surface area contributed by atoms with Crippen LogP contribution in [0.25, 0.3) is 0 Å². The lowest BCUT2D eigenvalue weighted by atomic mass is 9.94. The summed E-state index contributed by atoms with van der Waals surface area (Å²) in [5.74, 6) is 1.09. The number of hydrogen-bond acceptors (Lipinski definition) is 4. The van der Waals surface area contributed by atoms with Gasteiger partial charge in [-0.2, -0.15) is 0 Å². The van der Waals surface area contributed by atoms with Crippen LogP contribution in [0.2, 0.25) is 0 Å². The lowest BCUT2D eigenvalue weighted by molar-refractivity contribution is -0.0662. The lowest BCUT2D eigenvalue weighted by Crippen LogP contribution is -2.38. The number of aromatic nitrogens is 1. The maximum Gasteiger partial charge on any atom is 0.151 e. The summed E-state index contributed by atoms with van der Waals surface area (Å²) in [7, 11) is 0. The summed E-state index contributed by atoms with van der Waals surface area (Å²) in [5.41, 5.74) is 0.900. The molecule has 0 aliphatic carbocycles. The van der Waals surface area contributed by atoms with Gasteiger partial charge in [0.15, 0.2) is 5.82 Å². The van der Waals surface area contributed by atoms with Gasteiger partial charge in [-0.25, -0.2) is 4.98 Å². The average molecular weight is 289 g/mol. The second kappa shape index (κ2) is 5.16. The summed E-state index contributed by atoms with van der Waals surface area (Å²) in [6.45, 7) is 10.9. The van der Waals surface area contributed by atoms with E-state index in [1.807, 2.05) is 12.3 Å². The third kappa shape index (κ3) is 3.00. The van der Waals surface area contributed by atoms with Gasteiger partial charge in [0.25, 0.3) is 0 Å². The minimum atomic E-state index is -0.165. The van der Waals surface area contributed by atoms with E-state index in [1.54, 1.807) is 0 Å². The first-order valence-electron chi connectivity index (χ1n) is 8.04. The Bertz CT molecular complexity index is 507. The Morgan fingerprint density at radius 1 is 1.24 bits per heavy atom. The van der Waals surface area contributed by atoms with E-state index in [2.05, 4.69) is 49.0 Å². The Morgan fingerprint density at radius 2 is 1.95 bits per heavy atom. The number of anilines is 2. The van der Waals surface area contributed by atoms with E-state index in [0.717, 1.165) is 31.0 Å². The monoisotopic (exact) mass is 289 g/mol. The topological polar surface area (TPSA) is 37.4 Å². The normalized spacial score (nSPS) is 27.0. The van der Waals surface area contributed by atoms with Crippen molar-refractivity contribution in [3.8, 4) is 0 Å². The summed E-state index contributed by atoms with van der Waals surface area (Å²) in [6, 6.07) is 4.45. The van der Waals surface area contributed by atoms with E-state index in [4.69, 9.17) is 4.74 Å². The fourth-order valence-corrected chi connectivity index (χ4v) is 3.67. The number of rotatable bonds is 3. The van der Waals surface area contributed by atoms with E-state index >= 15 is 0 Å². The second-order valence-corrected chi connectivity index (χ2v) is 7.43. The average Bonchev–Trinajstić information content (AvgIpc) is 2.96. The molecule has 21 heavy (non-hydrogen) atoms. The number of hydrogen-bond donors (Lipinski definition) is 1. The van der Waals surface area contributed by atoms with E-state index in [0.29, 0.717) is 6.04 Å². The van der Waals surface area contributed by atoms with Crippen molar-refractivity contribution in [3.63, 3.8) is 0 Å². The summed E-state index contributed by atoms with van der Waals surface area (Å²) in [6.07, 6.45) is 5.43. The molecular formula is C17H27N3O. The van der Waals surface area contributed by atoms with Crippen LogP contribution in [0.3, 0.4) is 0 Å². The van der Waals surface area contributed by atoms with Crippen molar-refractivity contribution in [2.75, 3.05) is 23.3 Å². The molecular weight excluding hydrogens is 262 g/mol. The van der Waals surface area contributed by atoms with E-state index in [1.165, 1.54) is 12.8 Å². The Balaban J connectivity index is 1.82. The van der Waals surface area contributed by atoms with Crippen molar-refractivity contribution >= 4 is 11.5 Å². The molecule has 2 aliphatic heterocycles. The van der Waals surface area contributed by atoms with Gasteiger partial charge in [0.05, 0.1) is 22.9 Å². The molecule has 1 N–H and O–H groups in total. The van der Waals surface area contributed by atoms with Crippen molar-refractivity contribution in [2.24, 2.45) is 0 Å². The van der Waals surface area contributed by atoms with Crippen LogP contribution in [0.4, 0.5) is 11.5 Å². The Kier molecular flexibility index (Phi) is 3.60. The first kappa shape index (κ1) is 14.6. The molecule has 1 aromatic rings. The van der Waals surface area contributed by atoms with Gasteiger partial charge in [0, 0.05) is 19.3 Å². The van der Waals surface area contributed by atoms with Crippen molar-refractivity contribution in [2.45, 2.75) is 64.2 Å². The molecule has 0 radical (unpaired) electrons. The van der Waals surface area contributed by atoms with E-state index < -0.39 is 0 Å². The van der Waals surface area contributed by atoms with Crippen LogP contribution in [0.5, 0.6) is 0 Å². The van der Waals surface area contributed by atoms with Crippen LogP contribution in [-0.2, 0) is 4.74 Å². The van der Waals surface area contributed by atoms with Crippen LogP contribution in [0.15, 0.2) is 18.3 Å². The molecule has 1 unspecified atom stereocenters. The van der Waals surface area contributed by atoms with Crippen LogP contribution < -0.4 is 10.2 Å². The zero-order valence-electron chi connectivity index (χ0n) is 13.6. The molecule has 4 nitrogen and oxygen atoms in total. The van der Waals surface area contributed by atoms with Crippen LogP contribution >= 0.6 is 0 Å². The fraction of sp³-hybridized carbons (Fsp3) is 0.706. The highest BCUT2D eigenvalue weighted by Gasteiger charge is 2.46. The van der Waals surface area contributed by atoms with E-state index in [9.17, 15) is 0 Å². The highest BCUT2D eigenvalue weighted by molar-refractivity contribution is 5.66. The lowest BCUT2D eigenvalue weighted by Gasteiger charge is -2.30. The number of pyridine rings is 1. The summed E-state index contributed by atoms with van der Waals surface area (Å²) < 4.78 is 6.19. The van der Waals surface area contributed by atoms with Crippen LogP contribution in [0.1, 0.15) is 47.0 Å². The van der Waals surface area contributed by atoms with Crippen molar-refractivity contribution in [1.82, 2.24) is 4.98 Å². The van der Waals surface area contributed by atoms with Gasteiger partial charge in [-0.1, -0.05) is 0 Å². The highest BCUT2D eigenvalue weighted by atomic mass is 16.5. The largest absolute Gasteiger partial charge is 0.376 e. The standard InChI is InChI=1S/C17H27N3O/c1-16(2)12-14(17(3,4)21-16)19-13-8-7-9-18-15(13)20-10-5-6-11-20/h7-9,14,19H,5-6,10-12H2,1-4H3. The first-order valence-corrected chi connectivity index (χ1v) is 8.04. The molecule has 0 aromatic carbocycles. The number of nitrogens with zero attached hydrogens (tertiary/aromatic N) is 2. The molecule has 4 heteroatoms. The van der Waals surface area contributed by atoms with Gasteiger partial charge in [-0.15, -0.1) is 0 Å². The summed E-state index contributed by atoms with van der Waals surface area (Å²) in [4.78, 5) is 6.99. The van der Waals surface area contributed by atoms with Gasteiger partial charge >= 0.3 is 0 Å². The maximum absolute atomic E-state index is 6.19. The van der Waals surface area contributed by atoms with Gasteiger partial charge in [-0.3, -0.25) is 0 Å². The van der Waals surface area contributed by atoms with Gasteiger partial charge in [0.2, 0.25) is 0 Å². The van der Waals surface area contributed by atoms with Gasteiger partial charge < -0.3 is 15.0 Å². The van der Waals surface area contributed by atoms with E-state index in [-0.39, 0.29) is 11.2 Å². The molecule has 1 aromatic heterocycles. The molecule has 0 saturated carbocycles. The van der Waals surface area contributed by atoms with Gasteiger partial charge in [0.1, 0.15) is 0 Å². The second-order valence-electron chi connectivity index (χ2n) is 7.43. The van der Waals surface area contributed by atoms with Crippen molar-refractivity contribution in [1.29, 1.82) is 0 Å². The Labute approximate surface area is 127 Å². The molecule has 2 aliphatic rings. The van der Waals surface area contributed by atoms with Crippen molar-refractivity contribution < 1.29 is 4.74 Å². The molecule has 0 amide bonds. The Morgan fingerprint density at radius 3 is 2.57 bits per heavy atom. The molecule has 0 bridgehead atoms. The number of ether oxygens (including phenoxy) is 1. The smallest absolute Gasteiger partial charge is 0.151 e. The summed E-state index contributed by atoms with van der Waals surface area (Å²) in [5, 5.41) is 3.70. The fourth-order valence-electron chi connectivity index (χ4n) is 3.67. The summed E-state index contributed by atoms with van der Waals surface area (Å²) >= 11 is 0. The third-order valence-electron chi connectivity index (χ3n) is 4.60. The maximum atomic E-state index is 6.19. The minimum absolute atomic E-state index is 0.0722.